The maximum absolute atomic E-state index is 12.9. The summed E-state index contributed by atoms with van der Waals surface area (Å²) in [6.07, 6.45) is 9.69. The Hall–Kier alpha value is -1.59. The van der Waals surface area contributed by atoms with E-state index in [9.17, 15) is 19.5 Å². The molecule has 0 spiro atoms. The molecule has 5 rings (SSSR count). The minimum Gasteiger partial charge on any atom is -0.481 e. The molecule has 6 heteroatoms. The highest BCUT2D eigenvalue weighted by Gasteiger charge is 2.72. The van der Waals surface area contributed by atoms with Crippen molar-refractivity contribution in [2.75, 3.05) is 6.61 Å². The van der Waals surface area contributed by atoms with Crippen LogP contribution in [0.3, 0.4) is 0 Å². The zero-order valence-corrected chi connectivity index (χ0v) is 26.3. The SMILES string of the molecule is CCOC(=O)C(=O)O[C@@H]1CC[C@@]2(C)C(CC[C@]3(C)C2CCC2C4[C@H](C(C)C)CC[C@]4(C(=O)O)CC[C@]23C)C1(C)C. The Bertz CT molecular complexity index is 1050. The molecule has 0 radical (unpaired) electrons. The van der Waals surface area contributed by atoms with E-state index in [1.165, 1.54) is 0 Å². The second kappa shape index (κ2) is 9.73. The van der Waals surface area contributed by atoms with Crippen LogP contribution in [0.15, 0.2) is 0 Å². The Morgan fingerprint density at radius 3 is 2.12 bits per heavy atom. The van der Waals surface area contributed by atoms with Gasteiger partial charge in [-0.1, -0.05) is 48.5 Å². The predicted octanol–water partition coefficient (Wildman–Crippen LogP) is 7.28. The number of hydrogen-bond acceptors (Lipinski definition) is 5. The molecule has 0 aromatic rings. The van der Waals surface area contributed by atoms with Gasteiger partial charge in [0.1, 0.15) is 6.10 Å². The number of rotatable bonds is 4. The number of carboxylic acids is 1. The third kappa shape index (κ3) is 3.88. The first kappa shape index (κ1) is 29.9. The van der Waals surface area contributed by atoms with Crippen molar-refractivity contribution in [2.24, 2.45) is 62.6 Å². The van der Waals surface area contributed by atoms with E-state index in [4.69, 9.17) is 9.47 Å². The van der Waals surface area contributed by atoms with E-state index in [2.05, 4.69) is 48.5 Å². The van der Waals surface area contributed by atoms with Gasteiger partial charge in [0, 0.05) is 5.41 Å². The lowest BCUT2D eigenvalue weighted by molar-refractivity contribution is -0.252. The highest BCUT2D eigenvalue weighted by atomic mass is 16.6. The van der Waals surface area contributed by atoms with E-state index in [0.29, 0.717) is 29.6 Å². The molecule has 0 saturated heterocycles. The highest BCUT2D eigenvalue weighted by molar-refractivity contribution is 6.29. The highest BCUT2D eigenvalue weighted by Crippen LogP contribution is 2.77. The molecule has 0 aromatic carbocycles. The largest absolute Gasteiger partial charge is 0.481 e. The van der Waals surface area contributed by atoms with Gasteiger partial charge < -0.3 is 14.6 Å². The minimum absolute atomic E-state index is 0.117. The van der Waals surface area contributed by atoms with E-state index < -0.39 is 23.3 Å². The van der Waals surface area contributed by atoms with Crippen LogP contribution >= 0.6 is 0 Å². The summed E-state index contributed by atoms with van der Waals surface area (Å²) in [7, 11) is 0. The summed E-state index contributed by atoms with van der Waals surface area (Å²) < 4.78 is 10.7. The van der Waals surface area contributed by atoms with E-state index in [1.807, 2.05) is 0 Å². The number of hydrogen-bond donors (Lipinski definition) is 1. The molecule has 5 aliphatic rings. The lowest BCUT2D eigenvalue weighted by Crippen LogP contribution is -2.67. The summed E-state index contributed by atoms with van der Waals surface area (Å²) in [5.74, 6) is 0.402. The lowest BCUT2D eigenvalue weighted by Gasteiger charge is -2.72. The van der Waals surface area contributed by atoms with Crippen LogP contribution in [-0.4, -0.2) is 35.7 Å². The van der Waals surface area contributed by atoms with Crippen molar-refractivity contribution in [3.8, 4) is 0 Å². The van der Waals surface area contributed by atoms with E-state index in [1.54, 1.807) is 6.92 Å². The molecule has 4 unspecified atom stereocenters. The van der Waals surface area contributed by atoms with Crippen LogP contribution in [0.25, 0.3) is 0 Å². The molecular weight excluding hydrogens is 504 g/mol. The van der Waals surface area contributed by atoms with Crippen molar-refractivity contribution in [3.05, 3.63) is 0 Å². The molecule has 5 aliphatic carbocycles. The zero-order valence-electron chi connectivity index (χ0n) is 26.3. The van der Waals surface area contributed by atoms with Gasteiger partial charge in [-0.3, -0.25) is 4.79 Å². The topological polar surface area (TPSA) is 89.9 Å². The van der Waals surface area contributed by atoms with Gasteiger partial charge in [0.25, 0.3) is 0 Å². The first-order valence-corrected chi connectivity index (χ1v) is 16.2. The van der Waals surface area contributed by atoms with Gasteiger partial charge in [0.15, 0.2) is 0 Å². The Morgan fingerprint density at radius 2 is 1.50 bits per heavy atom. The van der Waals surface area contributed by atoms with Crippen LogP contribution < -0.4 is 0 Å². The molecule has 6 nitrogen and oxygen atoms in total. The molecule has 0 aliphatic heterocycles. The van der Waals surface area contributed by atoms with Crippen molar-refractivity contribution >= 4 is 17.9 Å². The predicted molar refractivity (Wildman–Crippen MR) is 153 cm³/mol. The number of ether oxygens (including phenoxy) is 2. The first-order valence-electron chi connectivity index (χ1n) is 16.2. The van der Waals surface area contributed by atoms with Crippen LogP contribution in [0, 0.1) is 62.6 Å². The Kier molecular flexibility index (Phi) is 7.27. The summed E-state index contributed by atoms with van der Waals surface area (Å²) in [5.41, 5.74) is -0.381. The molecule has 0 amide bonds. The van der Waals surface area contributed by atoms with Gasteiger partial charge >= 0.3 is 17.9 Å². The fraction of sp³-hybridized carbons (Fsp3) is 0.912. The molecule has 40 heavy (non-hydrogen) atoms. The molecule has 10 atom stereocenters. The van der Waals surface area contributed by atoms with Crippen molar-refractivity contribution in [1.82, 2.24) is 0 Å². The molecule has 226 valence electrons. The van der Waals surface area contributed by atoms with E-state index in [-0.39, 0.29) is 40.3 Å². The Balaban J connectivity index is 1.45. The average Bonchev–Trinajstić information content (AvgIpc) is 3.28. The van der Waals surface area contributed by atoms with E-state index >= 15 is 0 Å². The number of carbonyl (C=O) groups excluding carboxylic acids is 2. The quantitative estimate of drug-likeness (QED) is 0.288. The van der Waals surface area contributed by atoms with Gasteiger partial charge in [0.2, 0.25) is 0 Å². The Morgan fingerprint density at radius 1 is 0.800 bits per heavy atom. The molecule has 1 N–H and O–H groups in total. The first-order chi connectivity index (χ1) is 18.6. The molecule has 0 aromatic heterocycles. The zero-order chi connectivity index (χ0) is 29.5. The van der Waals surface area contributed by atoms with Crippen LogP contribution in [0.1, 0.15) is 120 Å². The van der Waals surface area contributed by atoms with Crippen LogP contribution in [0.2, 0.25) is 0 Å². The second-order valence-electron chi connectivity index (χ2n) is 16.1. The lowest BCUT2D eigenvalue weighted by atomic mass is 9.32. The number of carbonyl (C=O) groups is 3. The summed E-state index contributed by atoms with van der Waals surface area (Å²) in [4.78, 5) is 37.5. The number of fused-ring (bicyclic) bond motifs is 7. The molecular formula is C34H54O6. The molecule has 5 saturated carbocycles. The minimum atomic E-state index is -0.893. The summed E-state index contributed by atoms with van der Waals surface area (Å²) in [6.45, 7) is 18.6. The standard InChI is InChI=1S/C34H54O6/c1-9-39-27(35)28(36)40-25-14-15-31(6)23(30(25,4)5)13-16-33(8)24(31)11-10-22-26-21(20(2)3)12-17-34(26,29(37)38)19-18-32(22,33)7/h20-26H,9-19H2,1-8H3,(H,37,38)/t21-,22?,23?,24?,25+,26?,31-,32+,33+,34-/m0/s1. The number of aliphatic carboxylic acids is 1. The van der Waals surface area contributed by atoms with Crippen molar-refractivity contribution in [1.29, 1.82) is 0 Å². The third-order valence-electron chi connectivity index (χ3n) is 14.4. The maximum atomic E-state index is 12.9. The molecule has 5 fully saturated rings. The van der Waals surface area contributed by atoms with Gasteiger partial charge in [-0.25, -0.2) is 9.59 Å². The normalized spacial score (nSPS) is 47.3. The number of esters is 2. The maximum Gasteiger partial charge on any atom is 0.417 e. The van der Waals surface area contributed by atoms with Crippen LogP contribution in [0.5, 0.6) is 0 Å². The average molecular weight is 559 g/mol. The van der Waals surface area contributed by atoms with Crippen molar-refractivity contribution in [2.45, 2.75) is 126 Å². The summed E-state index contributed by atoms with van der Waals surface area (Å²) in [5, 5.41) is 10.6. The fourth-order valence-corrected chi connectivity index (χ4v) is 12.3. The smallest absolute Gasteiger partial charge is 0.417 e. The molecule has 0 heterocycles. The van der Waals surface area contributed by atoms with Gasteiger partial charge in [-0.05, 0) is 123 Å². The fourth-order valence-electron chi connectivity index (χ4n) is 12.3. The van der Waals surface area contributed by atoms with Gasteiger partial charge in [-0.15, -0.1) is 0 Å². The molecule has 0 bridgehead atoms. The van der Waals surface area contributed by atoms with Crippen molar-refractivity contribution in [3.63, 3.8) is 0 Å². The van der Waals surface area contributed by atoms with Crippen molar-refractivity contribution < 1.29 is 29.0 Å². The van der Waals surface area contributed by atoms with Crippen LogP contribution in [0.4, 0.5) is 0 Å². The monoisotopic (exact) mass is 558 g/mol. The summed E-state index contributed by atoms with van der Waals surface area (Å²) >= 11 is 0. The second-order valence-corrected chi connectivity index (χ2v) is 16.1. The third-order valence-corrected chi connectivity index (χ3v) is 14.4. The van der Waals surface area contributed by atoms with Crippen LogP contribution in [-0.2, 0) is 23.9 Å². The number of carboxylic acid groups (broad SMARTS) is 1. The summed E-state index contributed by atoms with van der Waals surface area (Å²) in [6, 6.07) is 0. The van der Waals surface area contributed by atoms with Gasteiger partial charge in [-0.2, -0.15) is 0 Å². The Labute approximate surface area is 241 Å². The van der Waals surface area contributed by atoms with E-state index in [0.717, 1.165) is 64.2 Å². The van der Waals surface area contributed by atoms with Gasteiger partial charge in [0.05, 0.1) is 12.0 Å².